The molecule has 0 spiro atoms. The molecule has 2 aromatic rings. The quantitative estimate of drug-likeness (QED) is 0.794. The van der Waals surface area contributed by atoms with E-state index >= 15 is 0 Å². The highest BCUT2D eigenvalue weighted by Gasteiger charge is 2.14. The molecule has 21 heavy (non-hydrogen) atoms. The lowest BCUT2D eigenvalue weighted by molar-refractivity contribution is 0.0690. The molecule has 0 aliphatic carbocycles. The van der Waals surface area contributed by atoms with E-state index in [0.717, 1.165) is 21.3 Å². The Morgan fingerprint density at radius 2 is 2.19 bits per heavy atom. The first-order chi connectivity index (χ1) is 9.90. The smallest absolute Gasteiger partial charge is 0.355 e. The van der Waals surface area contributed by atoms with Gasteiger partial charge in [0.25, 0.3) is 0 Å². The largest absolute Gasteiger partial charge is 0.476 e. The zero-order valence-electron chi connectivity index (χ0n) is 12.1. The zero-order chi connectivity index (χ0) is 15.6. The average molecular weight is 329 g/mol. The van der Waals surface area contributed by atoms with Crippen molar-refractivity contribution < 1.29 is 9.90 Å². The predicted octanol–water partition coefficient (Wildman–Crippen LogP) is 2.18. The lowest BCUT2D eigenvalue weighted by atomic mass is 10.3. The Bertz CT molecular complexity index is 665. The van der Waals surface area contributed by atoms with Gasteiger partial charge in [-0.2, -0.15) is 5.10 Å². The molecule has 0 aliphatic rings. The summed E-state index contributed by atoms with van der Waals surface area (Å²) in [5.41, 5.74) is 1.91. The van der Waals surface area contributed by atoms with Crippen molar-refractivity contribution in [1.29, 1.82) is 0 Å². The topological polar surface area (TPSA) is 80.0 Å². The van der Waals surface area contributed by atoms with Crippen molar-refractivity contribution in [1.82, 2.24) is 20.1 Å². The summed E-state index contributed by atoms with van der Waals surface area (Å²) in [6.07, 6.45) is 0.688. The first kappa shape index (κ1) is 15.9. The maximum absolute atomic E-state index is 10.9. The average Bonchev–Trinajstić information content (AvgIpc) is 2.89. The summed E-state index contributed by atoms with van der Waals surface area (Å²) in [6.45, 7) is 4.97. The fourth-order valence-electron chi connectivity index (χ4n) is 2.03. The lowest BCUT2D eigenvalue weighted by Crippen LogP contribution is -2.18. The first-order valence-corrected chi connectivity index (χ1v) is 7.68. The minimum atomic E-state index is -0.972. The molecule has 2 N–H and O–H groups in total. The number of nitrogens with zero attached hydrogens (tertiary/aromatic N) is 3. The summed E-state index contributed by atoms with van der Waals surface area (Å²) in [5, 5.41) is 18.0. The number of aromatic nitrogens is 3. The van der Waals surface area contributed by atoms with Crippen LogP contribution in [0.1, 0.15) is 31.8 Å². The predicted molar refractivity (Wildman–Crippen MR) is 82.2 cm³/mol. The van der Waals surface area contributed by atoms with E-state index in [0.29, 0.717) is 24.5 Å². The molecule has 0 unspecified atom stereocenters. The third kappa shape index (κ3) is 3.61. The molecule has 0 aromatic carbocycles. The minimum Gasteiger partial charge on any atom is -0.476 e. The van der Waals surface area contributed by atoms with Crippen LogP contribution in [0, 0.1) is 13.8 Å². The first-order valence-electron chi connectivity index (χ1n) is 6.48. The van der Waals surface area contributed by atoms with Crippen LogP contribution in [0.25, 0.3) is 0 Å². The van der Waals surface area contributed by atoms with Gasteiger partial charge in [-0.3, -0.25) is 4.68 Å². The molecule has 114 valence electrons. The van der Waals surface area contributed by atoms with Crippen molar-refractivity contribution in [2.75, 3.05) is 6.54 Å². The summed E-state index contributed by atoms with van der Waals surface area (Å²) in [5.74, 6) is -0.972. The second-order valence-corrected chi connectivity index (χ2v) is 6.38. The Hall–Kier alpha value is -1.44. The maximum atomic E-state index is 10.9. The molecule has 0 aliphatic heterocycles. The zero-order valence-corrected chi connectivity index (χ0v) is 13.7. The minimum absolute atomic E-state index is 0.153. The van der Waals surface area contributed by atoms with E-state index in [2.05, 4.69) is 15.4 Å². The van der Waals surface area contributed by atoms with Crippen molar-refractivity contribution in [2.45, 2.75) is 26.8 Å². The summed E-state index contributed by atoms with van der Waals surface area (Å²) in [7, 11) is 1.86. The molecule has 0 saturated carbocycles. The second kappa shape index (κ2) is 6.55. The van der Waals surface area contributed by atoms with Crippen molar-refractivity contribution >= 4 is 28.9 Å². The Morgan fingerprint density at radius 3 is 2.71 bits per heavy atom. The molecule has 6 nitrogen and oxygen atoms in total. The summed E-state index contributed by atoms with van der Waals surface area (Å²) >= 11 is 7.59. The molecule has 2 aromatic heterocycles. The second-order valence-electron chi connectivity index (χ2n) is 4.71. The van der Waals surface area contributed by atoms with Crippen molar-refractivity contribution in [2.24, 2.45) is 7.05 Å². The van der Waals surface area contributed by atoms with Gasteiger partial charge in [-0.15, -0.1) is 11.3 Å². The van der Waals surface area contributed by atoms with Gasteiger partial charge in [0, 0.05) is 31.4 Å². The van der Waals surface area contributed by atoms with E-state index in [1.807, 2.05) is 14.0 Å². The number of aromatic carboxylic acids is 1. The summed E-state index contributed by atoms with van der Waals surface area (Å²) in [4.78, 5) is 15.8. The van der Waals surface area contributed by atoms with Crippen molar-refractivity contribution in [3.8, 4) is 0 Å². The standard InChI is InChI=1S/C13H17ClN4O2S/c1-7-11(14)9(18(3)17-7)6-15-5-4-10-16-12(13(19)20)8(2)21-10/h15H,4-6H2,1-3H3,(H,19,20). The Labute approximate surface area is 131 Å². The molecular formula is C13H17ClN4O2S. The number of carbonyl (C=O) groups is 1. The Balaban J connectivity index is 1.87. The van der Waals surface area contributed by atoms with Crippen LogP contribution in [-0.4, -0.2) is 32.4 Å². The van der Waals surface area contributed by atoms with Crippen molar-refractivity contribution in [3.05, 3.63) is 32.0 Å². The number of hydrogen-bond acceptors (Lipinski definition) is 5. The highest BCUT2D eigenvalue weighted by atomic mass is 35.5. The number of hydrogen-bond donors (Lipinski definition) is 2. The van der Waals surface area contributed by atoms with Gasteiger partial charge < -0.3 is 10.4 Å². The van der Waals surface area contributed by atoms with Gasteiger partial charge in [-0.05, 0) is 13.8 Å². The molecule has 0 radical (unpaired) electrons. The molecule has 2 rings (SSSR count). The molecule has 2 heterocycles. The fourth-order valence-corrected chi connectivity index (χ4v) is 3.18. The monoisotopic (exact) mass is 328 g/mol. The maximum Gasteiger partial charge on any atom is 0.355 e. The van der Waals surface area contributed by atoms with Gasteiger partial charge in [-0.1, -0.05) is 11.6 Å². The van der Waals surface area contributed by atoms with Crippen LogP contribution in [0.5, 0.6) is 0 Å². The number of nitrogens with one attached hydrogen (secondary N) is 1. The van der Waals surface area contributed by atoms with Crippen LogP contribution in [-0.2, 0) is 20.0 Å². The lowest BCUT2D eigenvalue weighted by Gasteiger charge is -2.04. The molecule has 0 atom stereocenters. The van der Waals surface area contributed by atoms with Crippen LogP contribution < -0.4 is 5.32 Å². The molecule has 0 fully saturated rings. The summed E-state index contributed by atoms with van der Waals surface area (Å²) < 4.78 is 1.76. The van der Waals surface area contributed by atoms with E-state index in [1.54, 1.807) is 11.6 Å². The van der Waals surface area contributed by atoms with Crippen LogP contribution in [0.2, 0.25) is 5.02 Å². The van der Waals surface area contributed by atoms with Gasteiger partial charge in [0.15, 0.2) is 5.69 Å². The van der Waals surface area contributed by atoms with Gasteiger partial charge in [-0.25, -0.2) is 9.78 Å². The van der Waals surface area contributed by atoms with E-state index < -0.39 is 5.97 Å². The molecular weight excluding hydrogens is 312 g/mol. The van der Waals surface area contributed by atoms with Crippen LogP contribution in [0.4, 0.5) is 0 Å². The van der Waals surface area contributed by atoms with Crippen molar-refractivity contribution in [3.63, 3.8) is 0 Å². The van der Waals surface area contributed by atoms with E-state index in [1.165, 1.54) is 11.3 Å². The van der Waals surface area contributed by atoms with Gasteiger partial charge in [0.05, 0.1) is 21.4 Å². The Morgan fingerprint density at radius 1 is 1.48 bits per heavy atom. The molecule has 0 saturated heterocycles. The Kier molecular flexibility index (Phi) is 4.97. The number of aryl methyl sites for hydroxylation is 3. The SMILES string of the molecule is Cc1nn(C)c(CNCCc2nc(C(=O)O)c(C)s2)c1Cl. The van der Waals surface area contributed by atoms with E-state index in [-0.39, 0.29) is 5.69 Å². The van der Waals surface area contributed by atoms with E-state index in [9.17, 15) is 4.79 Å². The summed E-state index contributed by atoms with van der Waals surface area (Å²) in [6, 6.07) is 0. The van der Waals surface area contributed by atoms with Crippen LogP contribution >= 0.6 is 22.9 Å². The number of carboxylic acids is 1. The normalized spacial score (nSPS) is 11.0. The fraction of sp³-hybridized carbons (Fsp3) is 0.462. The van der Waals surface area contributed by atoms with Gasteiger partial charge >= 0.3 is 5.97 Å². The van der Waals surface area contributed by atoms with Gasteiger partial charge in [0.2, 0.25) is 0 Å². The molecule has 8 heteroatoms. The van der Waals surface area contributed by atoms with E-state index in [4.69, 9.17) is 16.7 Å². The molecule has 0 bridgehead atoms. The third-order valence-electron chi connectivity index (χ3n) is 3.11. The van der Waals surface area contributed by atoms with Gasteiger partial charge in [0.1, 0.15) is 0 Å². The third-order valence-corrected chi connectivity index (χ3v) is 4.64. The highest BCUT2D eigenvalue weighted by molar-refractivity contribution is 7.11. The number of thiazole rings is 1. The van der Waals surface area contributed by atoms with Crippen LogP contribution in [0.3, 0.4) is 0 Å². The number of rotatable bonds is 6. The number of halogens is 1. The number of carboxylic acid groups (broad SMARTS) is 1. The van der Waals surface area contributed by atoms with Crippen LogP contribution in [0.15, 0.2) is 0 Å². The molecule has 0 amide bonds. The highest BCUT2D eigenvalue weighted by Crippen LogP contribution is 2.19.